The van der Waals surface area contributed by atoms with E-state index in [1.54, 1.807) is 49.1 Å². The quantitative estimate of drug-likeness (QED) is 0.426. The Balaban J connectivity index is 3.26. The normalized spacial score (nSPS) is 22.8. The molecule has 0 aromatic heterocycles. The van der Waals surface area contributed by atoms with E-state index in [2.05, 4.69) is 42.9 Å². The zero-order chi connectivity index (χ0) is 14.2. The van der Waals surface area contributed by atoms with Crippen molar-refractivity contribution in [1.82, 2.24) is 3.64 Å². The maximum atomic E-state index is 12.0. The van der Waals surface area contributed by atoms with Crippen LogP contribution in [0.15, 0.2) is 0 Å². The second-order valence-corrected chi connectivity index (χ2v) is 30.4. The summed E-state index contributed by atoms with van der Waals surface area (Å²) in [6.45, 7) is 13.6. The third-order valence-corrected chi connectivity index (χ3v) is 34.3. The van der Waals surface area contributed by atoms with Crippen LogP contribution in [0.4, 0.5) is 4.79 Å². The van der Waals surface area contributed by atoms with E-state index in [0.29, 0.717) is 0 Å². The summed E-state index contributed by atoms with van der Waals surface area (Å²) < 4.78 is 2.46. The molecule has 0 aromatic rings. The van der Waals surface area contributed by atoms with Crippen molar-refractivity contribution >= 4 is 79.2 Å². The summed E-state index contributed by atoms with van der Waals surface area (Å²) in [6.07, 6.45) is 0. The molecule has 11 heteroatoms. The molecule has 0 aromatic carbocycles. The van der Waals surface area contributed by atoms with Gasteiger partial charge in [-0.05, 0) is 0 Å². The average Bonchev–Trinajstić information content (AvgIpc) is 2.13. The minimum atomic E-state index is -1.86. The molecule has 0 spiro atoms. The molecular formula is C7H19NO2S6Si2. The highest BCUT2D eigenvalue weighted by Gasteiger charge is 2.53. The Hall–Kier alpha value is 1.96. The summed E-state index contributed by atoms with van der Waals surface area (Å²) in [5.74, 6) is 0. The Morgan fingerprint density at radius 1 is 0.944 bits per heavy atom. The predicted octanol–water partition coefficient (Wildman–Crippen LogP) is 6.53. The predicted molar refractivity (Wildman–Crippen MR) is 102 cm³/mol. The van der Waals surface area contributed by atoms with E-state index in [1.807, 2.05) is 0 Å². The first kappa shape index (κ1) is 18.0. The summed E-state index contributed by atoms with van der Waals surface area (Å²) in [4.78, 5) is 12.0. The Bertz CT molecular complexity index is 311. The lowest BCUT2D eigenvalue weighted by Gasteiger charge is -2.55. The molecule has 1 aliphatic rings. The van der Waals surface area contributed by atoms with Crippen molar-refractivity contribution in [2.45, 2.75) is 39.3 Å². The minimum absolute atomic E-state index is 0.623. The molecular weight excluding hydrogens is 379 g/mol. The van der Waals surface area contributed by atoms with Gasteiger partial charge in [-0.3, -0.25) is 3.64 Å². The standard InChI is InChI=1S/C7H19NO2S6Si2/c1-17(2,3)8(18(4,5)6)16(7(9)10)14-12-11-13-15-16/h1-6H3,(H,9,10). The first-order valence-corrected chi connectivity index (χ1v) is 20.9. The number of hydrogen-bond donors (Lipinski definition) is 1. The fraction of sp³-hybridized carbons (Fsp3) is 0.857. The molecule has 0 atom stereocenters. The molecule has 0 amide bonds. The molecule has 3 nitrogen and oxygen atoms in total. The summed E-state index contributed by atoms with van der Waals surface area (Å²) in [6, 6.07) is 0. The van der Waals surface area contributed by atoms with E-state index in [9.17, 15) is 9.90 Å². The van der Waals surface area contributed by atoms with Crippen LogP contribution in [-0.4, -0.2) is 30.5 Å². The Labute approximate surface area is 131 Å². The molecule has 1 aliphatic heterocycles. The van der Waals surface area contributed by atoms with Crippen LogP contribution in [0.1, 0.15) is 0 Å². The van der Waals surface area contributed by atoms with Crippen LogP contribution >= 0.6 is 57.4 Å². The van der Waals surface area contributed by atoms with Gasteiger partial charge in [0.25, 0.3) is 0 Å². The van der Waals surface area contributed by atoms with Crippen LogP contribution in [0.2, 0.25) is 39.3 Å². The van der Waals surface area contributed by atoms with E-state index < -0.39 is 30.1 Å². The van der Waals surface area contributed by atoms with E-state index >= 15 is 0 Å². The van der Waals surface area contributed by atoms with Gasteiger partial charge in [0.2, 0.25) is 0 Å². The number of carboxylic acid groups (broad SMARTS) is 1. The van der Waals surface area contributed by atoms with Crippen LogP contribution in [0.3, 0.4) is 0 Å². The minimum Gasteiger partial charge on any atom is -0.472 e. The third kappa shape index (κ3) is 4.00. The van der Waals surface area contributed by atoms with E-state index in [4.69, 9.17) is 0 Å². The lowest BCUT2D eigenvalue weighted by molar-refractivity contribution is 0.221. The molecule has 0 saturated carbocycles. The van der Waals surface area contributed by atoms with Crippen molar-refractivity contribution in [3.05, 3.63) is 0 Å². The lowest BCUT2D eigenvalue weighted by Crippen LogP contribution is -2.59. The fourth-order valence-corrected chi connectivity index (χ4v) is 51.6. The first-order valence-electron chi connectivity index (χ1n) is 5.26. The molecule has 0 unspecified atom stereocenters. The topological polar surface area (TPSA) is 40.5 Å². The van der Waals surface area contributed by atoms with Crippen LogP contribution in [0.5, 0.6) is 0 Å². The van der Waals surface area contributed by atoms with Gasteiger partial charge in [-0.25, -0.2) is 4.79 Å². The summed E-state index contributed by atoms with van der Waals surface area (Å²) in [5.41, 5.74) is 0. The highest BCUT2D eigenvalue weighted by atomic mass is 34.1. The molecule has 1 N–H and O–H groups in total. The molecule has 0 bridgehead atoms. The van der Waals surface area contributed by atoms with Gasteiger partial charge in [0.05, 0.1) is 0 Å². The smallest absolute Gasteiger partial charge is 0.378 e. The van der Waals surface area contributed by atoms with Crippen molar-refractivity contribution in [3.63, 3.8) is 0 Å². The van der Waals surface area contributed by atoms with Crippen LogP contribution < -0.4 is 0 Å². The molecule has 108 valence electrons. The Morgan fingerprint density at radius 3 is 1.61 bits per heavy atom. The van der Waals surface area contributed by atoms with Crippen molar-refractivity contribution in [2.24, 2.45) is 0 Å². The Morgan fingerprint density at radius 2 is 1.33 bits per heavy atom. The summed E-state index contributed by atoms with van der Waals surface area (Å²) in [5, 5.41) is 9.23. The summed E-state index contributed by atoms with van der Waals surface area (Å²) in [7, 11) is 2.89. The maximum absolute atomic E-state index is 12.0. The first-order chi connectivity index (χ1) is 8.02. The van der Waals surface area contributed by atoms with Crippen LogP contribution in [0.25, 0.3) is 0 Å². The van der Waals surface area contributed by atoms with Gasteiger partial charge in [0, 0.05) is 57.4 Å². The van der Waals surface area contributed by atoms with Gasteiger partial charge in [-0.15, -0.1) is 0 Å². The van der Waals surface area contributed by atoms with Crippen molar-refractivity contribution in [3.8, 4) is 0 Å². The second kappa shape index (κ2) is 6.38. The molecule has 1 heterocycles. The van der Waals surface area contributed by atoms with Gasteiger partial charge >= 0.3 is 5.30 Å². The van der Waals surface area contributed by atoms with Crippen molar-refractivity contribution in [1.29, 1.82) is 0 Å². The highest BCUT2D eigenvalue weighted by Crippen LogP contribution is 2.87. The second-order valence-electron chi connectivity index (χ2n) is 5.72. The molecule has 18 heavy (non-hydrogen) atoms. The van der Waals surface area contributed by atoms with E-state index in [0.717, 1.165) is 0 Å². The number of nitrogens with zero attached hydrogens (tertiary/aromatic N) is 1. The largest absolute Gasteiger partial charge is 0.472 e. The van der Waals surface area contributed by atoms with Gasteiger partial charge in [0.1, 0.15) is 16.5 Å². The number of hydrogen-bond acceptors (Lipinski definition) is 7. The SMILES string of the molecule is C[Si](C)(C)N([Si](C)(C)C)S1(C(=O)O)SSSSS1. The van der Waals surface area contributed by atoms with Gasteiger partial charge in [0.15, 0.2) is 0 Å². The molecule has 1 saturated heterocycles. The maximum Gasteiger partial charge on any atom is 0.378 e. The Kier molecular flexibility index (Phi) is 6.39. The third-order valence-electron chi connectivity index (χ3n) is 1.98. The molecule has 1 rings (SSSR count). The van der Waals surface area contributed by atoms with Crippen molar-refractivity contribution < 1.29 is 9.90 Å². The molecule has 1 fully saturated rings. The highest BCUT2D eigenvalue weighted by molar-refractivity contribution is 9.67. The zero-order valence-corrected chi connectivity index (χ0v) is 18.2. The number of rotatable bonds is 3. The van der Waals surface area contributed by atoms with E-state index in [1.165, 1.54) is 0 Å². The van der Waals surface area contributed by atoms with E-state index in [-0.39, 0.29) is 0 Å². The fourth-order valence-electron chi connectivity index (χ4n) is 2.05. The zero-order valence-electron chi connectivity index (χ0n) is 11.3. The van der Waals surface area contributed by atoms with Gasteiger partial charge in [-0.2, -0.15) is 0 Å². The monoisotopic (exact) mass is 397 g/mol. The van der Waals surface area contributed by atoms with Crippen molar-refractivity contribution in [2.75, 3.05) is 0 Å². The van der Waals surface area contributed by atoms with Crippen LogP contribution in [-0.2, 0) is 0 Å². The molecule has 0 radical (unpaired) electrons. The lowest BCUT2D eigenvalue weighted by atomic mass is 11.6. The molecule has 0 aliphatic carbocycles. The van der Waals surface area contributed by atoms with Gasteiger partial charge < -0.3 is 5.11 Å². The van der Waals surface area contributed by atoms with Crippen LogP contribution in [0, 0.1) is 0 Å². The average molecular weight is 398 g/mol. The van der Waals surface area contributed by atoms with Gasteiger partial charge in [-0.1, -0.05) is 39.3 Å². The number of carbonyl (C=O) groups is 1. The summed E-state index contributed by atoms with van der Waals surface area (Å²) >= 11 is 0.